The molecule has 1 fully saturated rings. The number of piperazine rings is 1. The van der Waals surface area contributed by atoms with Gasteiger partial charge in [-0.1, -0.05) is 29.8 Å². The average molecular weight is 243 g/mol. The fourth-order valence-electron chi connectivity index (χ4n) is 1.95. The van der Waals surface area contributed by atoms with Gasteiger partial charge in [0.1, 0.15) is 6.17 Å². The molecule has 88 valence electrons. The Hall–Kier alpha value is -0.640. The van der Waals surface area contributed by atoms with Crippen LogP contribution in [-0.2, 0) is 0 Å². The van der Waals surface area contributed by atoms with Gasteiger partial charge in [-0.3, -0.25) is 4.90 Å². The number of hydrogen-bond acceptors (Lipinski definition) is 2. The number of halogens is 2. The fraction of sp³-hybridized carbons (Fsp3) is 0.500. The molecular weight excluding hydrogens is 227 g/mol. The monoisotopic (exact) mass is 242 g/mol. The Bertz CT molecular complexity index is 340. The quantitative estimate of drug-likeness (QED) is 0.875. The highest BCUT2D eigenvalue weighted by Crippen LogP contribution is 2.26. The van der Waals surface area contributed by atoms with Gasteiger partial charge in [0.25, 0.3) is 0 Å². The minimum atomic E-state index is -0.994. The number of benzene rings is 1. The van der Waals surface area contributed by atoms with Gasteiger partial charge in [-0.2, -0.15) is 0 Å². The van der Waals surface area contributed by atoms with Crippen LogP contribution in [0.2, 0.25) is 5.02 Å². The van der Waals surface area contributed by atoms with Crippen LogP contribution in [0.3, 0.4) is 0 Å². The van der Waals surface area contributed by atoms with Crippen molar-refractivity contribution in [3.63, 3.8) is 0 Å². The molecule has 2 nitrogen and oxygen atoms in total. The van der Waals surface area contributed by atoms with Gasteiger partial charge >= 0.3 is 0 Å². The summed E-state index contributed by atoms with van der Waals surface area (Å²) in [4.78, 5) is 2.13. The molecule has 1 heterocycles. The van der Waals surface area contributed by atoms with Crippen molar-refractivity contribution in [1.29, 1.82) is 0 Å². The van der Waals surface area contributed by atoms with E-state index in [2.05, 4.69) is 10.2 Å². The standard InChI is InChI=1S/C12H16ClFN2/c13-11-4-2-1-3-10(11)12(14)9-16-7-5-15-6-8-16/h1-4,12,15H,5-9H2. The molecule has 0 aliphatic carbocycles. The number of nitrogens with one attached hydrogen (secondary N) is 1. The molecule has 1 saturated heterocycles. The van der Waals surface area contributed by atoms with E-state index < -0.39 is 6.17 Å². The fourth-order valence-corrected chi connectivity index (χ4v) is 2.20. The van der Waals surface area contributed by atoms with Gasteiger partial charge in [-0.15, -0.1) is 0 Å². The maximum absolute atomic E-state index is 14.0. The molecule has 1 aromatic carbocycles. The van der Waals surface area contributed by atoms with Crippen molar-refractivity contribution in [2.24, 2.45) is 0 Å². The maximum atomic E-state index is 14.0. The van der Waals surface area contributed by atoms with Crippen LogP contribution in [0, 0.1) is 0 Å². The van der Waals surface area contributed by atoms with Crippen molar-refractivity contribution in [1.82, 2.24) is 10.2 Å². The van der Waals surface area contributed by atoms with Gasteiger partial charge in [0.05, 0.1) is 0 Å². The average Bonchev–Trinajstić information content (AvgIpc) is 2.31. The molecule has 0 spiro atoms. The molecule has 0 bridgehead atoms. The molecule has 2 rings (SSSR count). The van der Waals surface area contributed by atoms with Crippen molar-refractivity contribution in [2.75, 3.05) is 32.7 Å². The minimum absolute atomic E-state index is 0.436. The van der Waals surface area contributed by atoms with E-state index in [9.17, 15) is 4.39 Å². The second kappa shape index (κ2) is 5.62. The Kier molecular flexibility index (Phi) is 4.16. The first-order chi connectivity index (χ1) is 7.77. The molecule has 0 amide bonds. The van der Waals surface area contributed by atoms with E-state index in [1.54, 1.807) is 12.1 Å². The molecule has 4 heteroatoms. The molecule has 1 aliphatic rings. The van der Waals surface area contributed by atoms with Crippen molar-refractivity contribution in [3.05, 3.63) is 34.9 Å². The molecular formula is C12H16ClFN2. The summed E-state index contributed by atoms with van der Waals surface area (Å²) in [6.45, 7) is 4.13. The Morgan fingerprint density at radius 2 is 2.00 bits per heavy atom. The first-order valence-corrected chi connectivity index (χ1v) is 5.97. The van der Waals surface area contributed by atoms with Crippen LogP contribution < -0.4 is 5.32 Å². The van der Waals surface area contributed by atoms with Crippen LogP contribution in [0.5, 0.6) is 0 Å². The van der Waals surface area contributed by atoms with E-state index in [-0.39, 0.29) is 0 Å². The zero-order chi connectivity index (χ0) is 11.4. The lowest BCUT2D eigenvalue weighted by Crippen LogP contribution is -2.44. The van der Waals surface area contributed by atoms with Crippen LogP contribution in [0.25, 0.3) is 0 Å². The molecule has 0 saturated carbocycles. The third kappa shape index (κ3) is 2.94. The first kappa shape index (κ1) is 11.8. The van der Waals surface area contributed by atoms with E-state index >= 15 is 0 Å². The Labute approximate surface area is 100 Å². The zero-order valence-corrected chi connectivity index (χ0v) is 9.88. The van der Waals surface area contributed by atoms with Gasteiger partial charge in [0.15, 0.2) is 0 Å². The normalized spacial score (nSPS) is 19.6. The number of rotatable bonds is 3. The summed E-state index contributed by atoms with van der Waals surface area (Å²) in [6, 6.07) is 7.14. The summed E-state index contributed by atoms with van der Waals surface area (Å²) in [5.74, 6) is 0. The summed E-state index contributed by atoms with van der Waals surface area (Å²) in [5, 5.41) is 3.77. The van der Waals surface area contributed by atoms with Crippen LogP contribution in [0.15, 0.2) is 24.3 Å². The highest BCUT2D eigenvalue weighted by atomic mass is 35.5. The second-order valence-electron chi connectivity index (χ2n) is 4.04. The summed E-state index contributed by atoms with van der Waals surface area (Å²) in [7, 11) is 0. The Morgan fingerprint density at radius 1 is 1.31 bits per heavy atom. The highest BCUT2D eigenvalue weighted by Gasteiger charge is 2.18. The molecule has 0 radical (unpaired) electrons. The predicted octanol–water partition coefficient (Wildman–Crippen LogP) is 2.26. The lowest BCUT2D eigenvalue weighted by molar-refractivity contribution is 0.175. The lowest BCUT2D eigenvalue weighted by atomic mass is 10.1. The van der Waals surface area contributed by atoms with Gasteiger partial charge in [0.2, 0.25) is 0 Å². The molecule has 1 atom stereocenters. The molecule has 1 unspecified atom stereocenters. The van der Waals surface area contributed by atoms with Gasteiger partial charge < -0.3 is 5.32 Å². The maximum Gasteiger partial charge on any atom is 0.139 e. The van der Waals surface area contributed by atoms with Crippen LogP contribution in [0.4, 0.5) is 4.39 Å². The number of nitrogens with zero attached hydrogens (tertiary/aromatic N) is 1. The van der Waals surface area contributed by atoms with Crippen molar-refractivity contribution < 1.29 is 4.39 Å². The molecule has 1 N–H and O–H groups in total. The van der Waals surface area contributed by atoms with Gasteiger partial charge in [0, 0.05) is 43.3 Å². The topological polar surface area (TPSA) is 15.3 Å². The first-order valence-electron chi connectivity index (χ1n) is 5.59. The van der Waals surface area contributed by atoms with Crippen molar-refractivity contribution in [2.45, 2.75) is 6.17 Å². The van der Waals surface area contributed by atoms with E-state index in [0.717, 1.165) is 26.2 Å². The third-order valence-corrected chi connectivity index (χ3v) is 3.21. The van der Waals surface area contributed by atoms with Crippen molar-refractivity contribution >= 4 is 11.6 Å². The second-order valence-corrected chi connectivity index (χ2v) is 4.45. The lowest BCUT2D eigenvalue weighted by Gasteiger charge is -2.28. The van der Waals surface area contributed by atoms with E-state index in [0.29, 0.717) is 17.1 Å². The number of alkyl halides is 1. The number of hydrogen-bond donors (Lipinski definition) is 1. The minimum Gasteiger partial charge on any atom is -0.314 e. The summed E-state index contributed by atoms with van der Waals surface area (Å²) >= 11 is 5.97. The smallest absolute Gasteiger partial charge is 0.139 e. The van der Waals surface area contributed by atoms with Crippen molar-refractivity contribution in [3.8, 4) is 0 Å². The highest BCUT2D eigenvalue weighted by molar-refractivity contribution is 6.31. The zero-order valence-electron chi connectivity index (χ0n) is 9.13. The Balaban J connectivity index is 1.96. The summed E-state index contributed by atoms with van der Waals surface area (Å²) < 4.78 is 14.0. The van der Waals surface area contributed by atoms with E-state index in [1.165, 1.54) is 0 Å². The van der Waals surface area contributed by atoms with Gasteiger partial charge in [-0.25, -0.2) is 4.39 Å². The SMILES string of the molecule is FC(CN1CCNCC1)c1ccccc1Cl. The molecule has 16 heavy (non-hydrogen) atoms. The van der Waals surface area contributed by atoms with Gasteiger partial charge in [-0.05, 0) is 6.07 Å². The molecule has 1 aromatic rings. The van der Waals surface area contributed by atoms with E-state index in [4.69, 9.17) is 11.6 Å². The van der Waals surface area contributed by atoms with Crippen LogP contribution in [-0.4, -0.2) is 37.6 Å². The molecule has 0 aromatic heterocycles. The Morgan fingerprint density at radius 3 is 2.69 bits per heavy atom. The largest absolute Gasteiger partial charge is 0.314 e. The third-order valence-electron chi connectivity index (χ3n) is 2.87. The van der Waals surface area contributed by atoms with Crippen LogP contribution in [0.1, 0.15) is 11.7 Å². The predicted molar refractivity (Wildman–Crippen MR) is 64.6 cm³/mol. The summed E-state index contributed by atoms with van der Waals surface area (Å²) in [6.07, 6.45) is -0.994. The van der Waals surface area contributed by atoms with Crippen LogP contribution >= 0.6 is 11.6 Å². The van der Waals surface area contributed by atoms with E-state index in [1.807, 2.05) is 12.1 Å². The summed E-state index contributed by atoms with van der Waals surface area (Å²) in [5.41, 5.74) is 0.600. The molecule has 1 aliphatic heterocycles.